The monoisotopic (exact) mass is 283 g/mol. The summed E-state index contributed by atoms with van der Waals surface area (Å²) in [6.45, 7) is 2.73. The Bertz CT molecular complexity index is 608. The SMILES string of the molecule is CCCOc1cncc(C(O)c2ccccc2C2CC2)c1. The molecule has 1 N–H and O–H groups in total. The van der Waals surface area contributed by atoms with E-state index in [0.29, 0.717) is 12.5 Å². The molecule has 1 fully saturated rings. The number of hydrogen-bond acceptors (Lipinski definition) is 3. The van der Waals surface area contributed by atoms with Gasteiger partial charge in [0.05, 0.1) is 12.8 Å². The lowest BCUT2D eigenvalue weighted by atomic mass is 9.95. The lowest BCUT2D eigenvalue weighted by molar-refractivity contribution is 0.217. The third kappa shape index (κ3) is 3.24. The Morgan fingerprint density at radius 3 is 2.86 bits per heavy atom. The van der Waals surface area contributed by atoms with Crippen molar-refractivity contribution in [2.75, 3.05) is 6.61 Å². The molecule has 1 unspecified atom stereocenters. The second-order valence-corrected chi connectivity index (χ2v) is 5.61. The van der Waals surface area contributed by atoms with Gasteiger partial charge in [-0.25, -0.2) is 0 Å². The van der Waals surface area contributed by atoms with Crippen molar-refractivity contribution in [1.82, 2.24) is 4.98 Å². The van der Waals surface area contributed by atoms with Crippen LogP contribution in [0.2, 0.25) is 0 Å². The summed E-state index contributed by atoms with van der Waals surface area (Å²) in [6, 6.07) is 10.0. The zero-order chi connectivity index (χ0) is 14.7. The van der Waals surface area contributed by atoms with E-state index in [1.54, 1.807) is 12.4 Å². The maximum absolute atomic E-state index is 10.7. The van der Waals surface area contributed by atoms with Gasteiger partial charge in [-0.1, -0.05) is 31.2 Å². The van der Waals surface area contributed by atoms with Gasteiger partial charge < -0.3 is 9.84 Å². The number of aliphatic hydroxyl groups is 1. The minimum Gasteiger partial charge on any atom is -0.492 e. The lowest BCUT2D eigenvalue weighted by Gasteiger charge is -2.16. The largest absolute Gasteiger partial charge is 0.492 e. The summed E-state index contributed by atoms with van der Waals surface area (Å²) in [5.41, 5.74) is 3.05. The molecule has 1 aromatic carbocycles. The van der Waals surface area contributed by atoms with Gasteiger partial charge in [0, 0.05) is 11.8 Å². The van der Waals surface area contributed by atoms with Crippen molar-refractivity contribution in [3.8, 4) is 5.75 Å². The molecule has 0 radical (unpaired) electrons. The fraction of sp³-hybridized carbons (Fsp3) is 0.389. The Kier molecular flexibility index (Phi) is 4.20. The Hall–Kier alpha value is -1.87. The van der Waals surface area contributed by atoms with E-state index in [0.717, 1.165) is 23.3 Å². The zero-order valence-electron chi connectivity index (χ0n) is 12.3. The number of aromatic nitrogens is 1. The molecule has 1 heterocycles. The number of ether oxygens (including phenoxy) is 1. The van der Waals surface area contributed by atoms with Crippen molar-refractivity contribution in [1.29, 1.82) is 0 Å². The summed E-state index contributed by atoms with van der Waals surface area (Å²) < 4.78 is 5.60. The van der Waals surface area contributed by atoms with E-state index in [1.807, 2.05) is 24.3 Å². The average molecular weight is 283 g/mol. The van der Waals surface area contributed by atoms with Crippen LogP contribution >= 0.6 is 0 Å². The van der Waals surface area contributed by atoms with Gasteiger partial charge in [-0.3, -0.25) is 4.98 Å². The normalized spacial score (nSPS) is 15.7. The quantitative estimate of drug-likeness (QED) is 0.876. The van der Waals surface area contributed by atoms with Crippen LogP contribution < -0.4 is 4.74 Å². The van der Waals surface area contributed by atoms with Crippen LogP contribution in [0.3, 0.4) is 0 Å². The average Bonchev–Trinajstić information content (AvgIpc) is 3.37. The summed E-state index contributed by atoms with van der Waals surface area (Å²) in [5.74, 6) is 1.33. The smallest absolute Gasteiger partial charge is 0.137 e. The number of rotatable bonds is 6. The first-order valence-corrected chi connectivity index (χ1v) is 7.64. The van der Waals surface area contributed by atoms with Gasteiger partial charge in [-0.2, -0.15) is 0 Å². The number of pyridine rings is 1. The molecule has 0 aliphatic heterocycles. The fourth-order valence-electron chi connectivity index (χ4n) is 2.59. The van der Waals surface area contributed by atoms with Crippen LogP contribution in [0.1, 0.15) is 54.9 Å². The van der Waals surface area contributed by atoms with E-state index >= 15 is 0 Å². The maximum Gasteiger partial charge on any atom is 0.137 e. The van der Waals surface area contributed by atoms with Crippen molar-refractivity contribution < 1.29 is 9.84 Å². The third-order valence-electron chi connectivity index (χ3n) is 3.83. The summed E-state index contributed by atoms with van der Waals surface area (Å²) >= 11 is 0. The molecule has 0 bridgehead atoms. The van der Waals surface area contributed by atoms with Gasteiger partial charge >= 0.3 is 0 Å². The molecular formula is C18H21NO2. The molecule has 0 spiro atoms. The van der Waals surface area contributed by atoms with E-state index in [2.05, 4.69) is 18.0 Å². The summed E-state index contributed by atoms with van der Waals surface area (Å²) in [5, 5.41) is 10.7. The molecule has 0 amide bonds. The molecule has 1 aliphatic carbocycles. The molecule has 3 heteroatoms. The number of nitrogens with zero attached hydrogens (tertiary/aromatic N) is 1. The Labute approximate surface area is 125 Å². The maximum atomic E-state index is 10.7. The zero-order valence-corrected chi connectivity index (χ0v) is 12.3. The van der Waals surface area contributed by atoms with E-state index in [1.165, 1.54) is 18.4 Å². The predicted molar refractivity (Wildman–Crippen MR) is 82.5 cm³/mol. The molecular weight excluding hydrogens is 262 g/mol. The molecule has 3 rings (SSSR count). The van der Waals surface area contributed by atoms with Crippen molar-refractivity contribution in [3.63, 3.8) is 0 Å². The Morgan fingerprint density at radius 2 is 2.10 bits per heavy atom. The van der Waals surface area contributed by atoms with Crippen molar-refractivity contribution in [3.05, 3.63) is 59.4 Å². The highest BCUT2D eigenvalue weighted by atomic mass is 16.5. The van der Waals surface area contributed by atoms with E-state index in [-0.39, 0.29) is 0 Å². The molecule has 1 aromatic heterocycles. The van der Waals surface area contributed by atoms with E-state index < -0.39 is 6.10 Å². The molecule has 3 nitrogen and oxygen atoms in total. The Morgan fingerprint density at radius 1 is 1.29 bits per heavy atom. The minimum atomic E-state index is -0.639. The second kappa shape index (κ2) is 6.27. The molecule has 21 heavy (non-hydrogen) atoms. The van der Waals surface area contributed by atoms with Crippen LogP contribution in [-0.2, 0) is 0 Å². The predicted octanol–water partition coefficient (Wildman–Crippen LogP) is 3.83. The summed E-state index contributed by atoms with van der Waals surface area (Å²) in [4.78, 5) is 4.19. The lowest BCUT2D eigenvalue weighted by Crippen LogP contribution is -2.05. The van der Waals surface area contributed by atoms with E-state index in [4.69, 9.17) is 4.74 Å². The second-order valence-electron chi connectivity index (χ2n) is 5.61. The number of benzene rings is 1. The van der Waals surface area contributed by atoms with Crippen LogP contribution in [-0.4, -0.2) is 16.7 Å². The topological polar surface area (TPSA) is 42.4 Å². The van der Waals surface area contributed by atoms with E-state index in [9.17, 15) is 5.11 Å². The first-order chi connectivity index (χ1) is 10.3. The van der Waals surface area contributed by atoms with Crippen LogP contribution in [0.5, 0.6) is 5.75 Å². The molecule has 0 saturated heterocycles. The molecule has 110 valence electrons. The number of hydrogen-bond donors (Lipinski definition) is 1. The highest BCUT2D eigenvalue weighted by molar-refractivity contribution is 5.40. The molecule has 1 saturated carbocycles. The standard InChI is InChI=1S/C18H21NO2/c1-2-9-21-15-10-14(11-19-12-15)18(20)17-6-4-3-5-16(17)13-7-8-13/h3-6,10-13,18,20H,2,7-9H2,1H3. The van der Waals surface area contributed by atoms with Crippen molar-refractivity contribution in [2.45, 2.75) is 38.2 Å². The highest BCUT2D eigenvalue weighted by Crippen LogP contribution is 2.43. The van der Waals surface area contributed by atoms with Gasteiger partial charge in [0.25, 0.3) is 0 Å². The van der Waals surface area contributed by atoms with Gasteiger partial charge in [-0.15, -0.1) is 0 Å². The molecule has 2 aromatic rings. The van der Waals surface area contributed by atoms with Gasteiger partial charge in [0.1, 0.15) is 11.9 Å². The highest BCUT2D eigenvalue weighted by Gasteiger charge is 2.28. The van der Waals surface area contributed by atoms with Crippen LogP contribution in [0, 0.1) is 0 Å². The van der Waals surface area contributed by atoms with Crippen LogP contribution in [0.4, 0.5) is 0 Å². The summed E-state index contributed by atoms with van der Waals surface area (Å²) in [6.07, 6.45) is 6.17. The molecule has 1 atom stereocenters. The van der Waals surface area contributed by atoms with Crippen LogP contribution in [0.25, 0.3) is 0 Å². The number of aliphatic hydroxyl groups excluding tert-OH is 1. The first-order valence-electron chi connectivity index (χ1n) is 7.64. The van der Waals surface area contributed by atoms with Crippen molar-refractivity contribution in [2.24, 2.45) is 0 Å². The third-order valence-corrected chi connectivity index (χ3v) is 3.83. The summed E-state index contributed by atoms with van der Waals surface area (Å²) in [7, 11) is 0. The van der Waals surface area contributed by atoms with Crippen LogP contribution in [0.15, 0.2) is 42.7 Å². The van der Waals surface area contributed by atoms with Gasteiger partial charge in [0.2, 0.25) is 0 Å². The minimum absolute atomic E-state index is 0.614. The van der Waals surface area contributed by atoms with Gasteiger partial charge in [-0.05, 0) is 42.4 Å². The Balaban J connectivity index is 1.86. The first kappa shape index (κ1) is 14.1. The van der Waals surface area contributed by atoms with Gasteiger partial charge in [0.15, 0.2) is 0 Å². The molecule has 1 aliphatic rings. The fourth-order valence-corrected chi connectivity index (χ4v) is 2.59. The van der Waals surface area contributed by atoms with Crippen molar-refractivity contribution >= 4 is 0 Å².